The number of aromatic nitrogens is 2. The molecule has 0 spiro atoms. The van der Waals surface area contributed by atoms with Gasteiger partial charge in [-0.25, -0.2) is 9.78 Å². The molecule has 2 aromatic heterocycles. The number of nitro groups is 1. The van der Waals surface area contributed by atoms with Crippen LogP contribution in [0.3, 0.4) is 0 Å². The van der Waals surface area contributed by atoms with Gasteiger partial charge < -0.3 is 19.4 Å². The van der Waals surface area contributed by atoms with Crippen molar-refractivity contribution in [1.29, 1.82) is 0 Å². The first-order valence-corrected chi connectivity index (χ1v) is 13.7. The monoisotopic (exact) mass is 548 g/mol. The van der Waals surface area contributed by atoms with Crippen LogP contribution in [0.15, 0.2) is 29.1 Å². The lowest BCUT2D eigenvalue weighted by atomic mass is 9.85. The van der Waals surface area contributed by atoms with Crippen molar-refractivity contribution in [2.24, 2.45) is 0 Å². The first-order chi connectivity index (χ1) is 19.2. The van der Waals surface area contributed by atoms with E-state index in [1.54, 1.807) is 29.7 Å². The molecule has 0 aliphatic carbocycles. The first-order valence-electron chi connectivity index (χ1n) is 13.7. The standard InChI is InChI=1S/C29H32N4O7/c1-4-6-7-8-9-13-30-26-18-15-32-23(25(18)31-21-11-10-12-22(24(21)26)33(37)38)14-20-19(27(32)35)16-39-28(36)29(20,5-2)40-17(3)34/h10-12,14H,4-9,13,15-16H2,1-3H3,(H,30,31)/t29-/m0/s1. The van der Waals surface area contributed by atoms with Crippen molar-refractivity contribution < 1.29 is 24.0 Å². The summed E-state index contributed by atoms with van der Waals surface area (Å²) in [4.78, 5) is 55.1. The summed E-state index contributed by atoms with van der Waals surface area (Å²) in [6, 6.07) is 6.43. The molecule has 0 fully saturated rings. The highest BCUT2D eigenvalue weighted by Crippen LogP contribution is 2.44. The maximum Gasteiger partial charge on any atom is 0.355 e. The lowest BCUT2D eigenvalue weighted by Gasteiger charge is -2.35. The molecule has 210 valence electrons. The Hall–Kier alpha value is -4.28. The third-order valence-electron chi connectivity index (χ3n) is 7.76. The number of nitrogens with one attached hydrogen (secondary N) is 1. The summed E-state index contributed by atoms with van der Waals surface area (Å²) in [5, 5.41) is 15.8. The van der Waals surface area contributed by atoms with E-state index in [1.807, 2.05) is 0 Å². The van der Waals surface area contributed by atoms with E-state index in [1.165, 1.54) is 13.0 Å². The molecule has 4 heterocycles. The minimum Gasteiger partial charge on any atom is -0.457 e. The number of nitrogens with zero attached hydrogens (tertiary/aromatic N) is 3. The zero-order valence-corrected chi connectivity index (χ0v) is 22.9. The SMILES string of the molecule is CCCCCCCNc1c2c(nc3cccc([N+](=O)[O-])c13)-c1cc3c(c(=O)n1C2)COC(=O)[C@@]3(CC)OC(C)=O. The predicted molar refractivity (Wildman–Crippen MR) is 148 cm³/mol. The van der Waals surface area contributed by atoms with Gasteiger partial charge in [-0.1, -0.05) is 45.6 Å². The molecule has 0 saturated heterocycles. The molecule has 0 unspecified atom stereocenters. The Bertz CT molecular complexity index is 1600. The summed E-state index contributed by atoms with van der Waals surface area (Å²) in [5.41, 5.74) is 0.945. The summed E-state index contributed by atoms with van der Waals surface area (Å²) >= 11 is 0. The van der Waals surface area contributed by atoms with Gasteiger partial charge in [-0.15, -0.1) is 0 Å². The van der Waals surface area contributed by atoms with Crippen molar-refractivity contribution in [2.45, 2.75) is 78.0 Å². The molecule has 0 radical (unpaired) electrons. The van der Waals surface area contributed by atoms with E-state index in [9.17, 15) is 24.5 Å². The van der Waals surface area contributed by atoms with Crippen molar-refractivity contribution in [2.75, 3.05) is 11.9 Å². The summed E-state index contributed by atoms with van der Waals surface area (Å²) in [6.07, 6.45) is 5.40. The second-order valence-electron chi connectivity index (χ2n) is 10.2. The maximum atomic E-state index is 13.8. The lowest BCUT2D eigenvalue weighted by molar-refractivity contribution is -0.383. The average Bonchev–Trinajstić information content (AvgIpc) is 3.30. The van der Waals surface area contributed by atoms with Gasteiger partial charge in [-0.05, 0) is 25.0 Å². The van der Waals surface area contributed by atoms with Gasteiger partial charge in [0.15, 0.2) is 0 Å². The van der Waals surface area contributed by atoms with Crippen LogP contribution in [-0.2, 0) is 37.8 Å². The van der Waals surface area contributed by atoms with Crippen LogP contribution in [0.5, 0.6) is 0 Å². The van der Waals surface area contributed by atoms with E-state index >= 15 is 0 Å². The number of non-ortho nitro benzene ring substituents is 1. The van der Waals surface area contributed by atoms with Crippen molar-refractivity contribution in [3.8, 4) is 11.4 Å². The van der Waals surface area contributed by atoms with Crippen LogP contribution in [0, 0.1) is 10.1 Å². The van der Waals surface area contributed by atoms with E-state index in [0.717, 1.165) is 32.1 Å². The molecule has 1 N–H and O–H groups in total. The van der Waals surface area contributed by atoms with Crippen LogP contribution < -0.4 is 10.9 Å². The molecule has 11 heteroatoms. The van der Waals surface area contributed by atoms with Crippen LogP contribution in [0.4, 0.5) is 11.4 Å². The second kappa shape index (κ2) is 10.7. The van der Waals surface area contributed by atoms with Crippen LogP contribution in [0.2, 0.25) is 0 Å². The number of hydrogen-bond acceptors (Lipinski definition) is 9. The summed E-state index contributed by atoms with van der Waals surface area (Å²) in [6.45, 7) is 5.55. The fourth-order valence-corrected chi connectivity index (χ4v) is 5.80. The highest BCUT2D eigenvalue weighted by molar-refractivity contribution is 6.03. The van der Waals surface area contributed by atoms with Gasteiger partial charge in [0.25, 0.3) is 11.2 Å². The topological polar surface area (TPSA) is 143 Å². The number of nitro benzene ring substituents is 1. The van der Waals surface area contributed by atoms with E-state index in [-0.39, 0.29) is 41.9 Å². The highest BCUT2D eigenvalue weighted by atomic mass is 16.6. The van der Waals surface area contributed by atoms with Gasteiger partial charge in [0, 0.05) is 30.7 Å². The van der Waals surface area contributed by atoms with Crippen molar-refractivity contribution >= 4 is 34.2 Å². The Labute approximate surface area is 230 Å². The van der Waals surface area contributed by atoms with Gasteiger partial charge in [0.2, 0.25) is 5.60 Å². The molecule has 5 rings (SSSR count). The van der Waals surface area contributed by atoms with Gasteiger partial charge in [0.1, 0.15) is 12.0 Å². The number of rotatable bonds is 10. The maximum absolute atomic E-state index is 13.8. The number of unbranched alkanes of at least 4 members (excludes halogenated alkanes) is 4. The Balaban J connectivity index is 1.69. The number of anilines is 1. The molecule has 3 aromatic rings. The second-order valence-corrected chi connectivity index (χ2v) is 10.2. The number of pyridine rings is 2. The molecular weight excluding hydrogens is 516 g/mol. The Morgan fingerprint density at radius 1 is 1.20 bits per heavy atom. The third-order valence-corrected chi connectivity index (χ3v) is 7.76. The van der Waals surface area contributed by atoms with Crippen molar-refractivity contribution in [3.63, 3.8) is 0 Å². The Morgan fingerprint density at radius 2 is 1.98 bits per heavy atom. The number of benzene rings is 1. The number of fused-ring (bicyclic) bond motifs is 5. The van der Waals surface area contributed by atoms with E-state index in [2.05, 4.69) is 12.2 Å². The molecule has 0 bridgehead atoms. The largest absolute Gasteiger partial charge is 0.457 e. The number of ether oxygens (including phenoxy) is 2. The smallest absolute Gasteiger partial charge is 0.355 e. The van der Waals surface area contributed by atoms with Crippen molar-refractivity contribution in [1.82, 2.24) is 9.55 Å². The Morgan fingerprint density at radius 3 is 2.67 bits per heavy atom. The van der Waals surface area contributed by atoms with E-state index < -0.39 is 22.5 Å². The van der Waals surface area contributed by atoms with Crippen LogP contribution in [0.25, 0.3) is 22.3 Å². The molecule has 2 aliphatic rings. The summed E-state index contributed by atoms with van der Waals surface area (Å²) in [7, 11) is 0. The minimum atomic E-state index is -1.74. The Kier molecular flexibility index (Phi) is 7.31. The molecule has 0 saturated carbocycles. The highest BCUT2D eigenvalue weighted by Gasteiger charge is 2.50. The third kappa shape index (κ3) is 4.39. The summed E-state index contributed by atoms with van der Waals surface area (Å²) < 4.78 is 12.4. The molecule has 40 heavy (non-hydrogen) atoms. The number of esters is 2. The first kappa shape index (κ1) is 27.3. The predicted octanol–water partition coefficient (Wildman–Crippen LogP) is 4.94. The molecule has 11 nitrogen and oxygen atoms in total. The molecule has 2 aliphatic heterocycles. The van der Waals surface area contributed by atoms with Gasteiger partial charge in [0.05, 0.1) is 39.6 Å². The fourth-order valence-electron chi connectivity index (χ4n) is 5.80. The van der Waals surface area contributed by atoms with Crippen LogP contribution in [0.1, 0.15) is 76.0 Å². The van der Waals surface area contributed by atoms with Crippen molar-refractivity contribution in [3.05, 3.63) is 61.4 Å². The molecule has 1 aromatic carbocycles. The van der Waals surface area contributed by atoms with Gasteiger partial charge >= 0.3 is 11.9 Å². The van der Waals surface area contributed by atoms with Crippen LogP contribution >= 0.6 is 0 Å². The van der Waals surface area contributed by atoms with E-state index in [4.69, 9.17) is 14.5 Å². The quantitative estimate of drug-likeness (QED) is 0.126. The lowest BCUT2D eigenvalue weighted by Crippen LogP contribution is -2.47. The molecule has 1 atom stereocenters. The van der Waals surface area contributed by atoms with Gasteiger partial charge in [-0.3, -0.25) is 19.7 Å². The van der Waals surface area contributed by atoms with E-state index in [0.29, 0.717) is 40.1 Å². The number of carbonyl (C=O) groups is 2. The normalized spacial score (nSPS) is 17.1. The zero-order valence-electron chi connectivity index (χ0n) is 22.9. The van der Waals surface area contributed by atoms with Gasteiger partial charge in [-0.2, -0.15) is 0 Å². The fraction of sp³-hybridized carbons (Fsp3) is 0.448. The average molecular weight is 549 g/mol. The zero-order chi connectivity index (χ0) is 28.6. The summed E-state index contributed by atoms with van der Waals surface area (Å²) in [5.74, 6) is -1.40. The van der Waals surface area contributed by atoms with Crippen LogP contribution in [-0.4, -0.2) is 33.0 Å². The number of cyclic esters (lactones) is 1. The molecule has 0 amide bonds. The number of carbonyl (C=O) groups excluding carboxylic acids is 2. The minimum absolute atomic E-state index is 0.0669. The number of hydrogen-bond donors (Lipinski definition) is 1. The molecular formula is C29H32N4O7.